The third-order valence-corrected chi connectivity index (χ3v) is 3.63. The molecule has 0 heterocycles. The zero-order valence-electron chi connectivity index (χ0n) is 10.3. The van der Waals surface area contributed by atoms with Gasteiger partial charge in [-0.3, -0.25) is 4.79 Å². The fourth-order valence-corrected chi connectivity index (χ4v) is 2.38. The molecule has 0 bridgehead atoms. The Morgan fingerprint density at radius 1 is 1.50 bits per heavy atom. The van der Waals surface area contributed by atoms with Gasteiger partial charge in [-0.1, -0.05) is 20.3 Å². The summed E-state index contributed by atoms with van der Waals surface area (Å²) in [6, 6.07) is -0.133. The van der Waals surface area contributed by atoms with Crippen LogP contribution in [0.5, 0.6) is 0 Å². The van der Waals surface area contributed by atoms with E-state index in [1.165, 1.54) is 0 Å². The van der Waals surface area contributed by atoms with Gasteiger partial charge in [0.05, 0.1) is 12.6 Å². The Balaban J connectivity index is 2.50. The molecule has 1 rings (SSSR count). The van der Waals surface area contributed by atoms with Crippen LogP contribution in [0.2, 0.25) is 0 Å². The van der Waals surface area contributed by atoms with Gasteiger partial charge in [0, 0.05) is 5.92 Å². The first-order chi connectivity index (χ1) is 7.60. The van der Waals surface area contributed by atoms with E-state index in [1.54, 1.807) is 0 Å². The summed E-state index contributed by atoms with van der Waals surface area (Å²) in [5, 5.41) is 12.1. The summed E-state index contributed by atoms with van der Waals surface area (Å²) in [5.74, 6) is 0.705. The zero-order chi connectivity index (χ0) is 12.1. The number of rotatable bonds is 5. The van der Waals surface area contributed by atoms with Gasteiger partial charge in [0.1, 0.15) is 0 Å². The topological polar surface area (TPSA) is 75.3 Å². The van der Waals surface area contributed by atoms with Crippen LogP contribution in [0.1, 0.15) is 33.1 Å². The van der Waals surface area contributed by atoms with E-state index in [1.807, 2.05) is 13.8 Å². The van der Waals surface area contributed by atoms with Gasteiger partial charge in [0.2, 0.25) is 5.91 Å². The van der Waals surface area contributed by atoms with Crippen molar-refractivity contribution in [1.29, 1.82) is 0 Å². The van der Waals surface area contributed by atoms with E-state index >= 15 is 0 Å². The van der Waals surface area contributed by atoms with Crippen LogP contribution in [-0.4, -0.2) is 30.2 Å². The Kier molecular flexibility index (Phi) is 5.22. The van der Waals surface area contributed by atoms with Crippen LogP contribution in [0.4, 0.5) is 0 Å². The summed E-state index contributed by atoms with van der Waals surface area (Å²) in [5.41, 5.74) is 5.66. The molecule has 0 aromatic carbocycles. The molecular formula is C12H24N2O2. The Bertz CT molecular complexity index is 231. The lowest BCUT2D eigenvalue weighted by molar-refractivity contribution is -0.127. The third kappa shape index (κ3) is 3.19. The molecule has 94 valence electrons. The van der Waals surface area contributed by atoms with Gasteiger partial charge in [-0.05, 0) is 31.2 Å². The molecule has 0 aromatic heterocycles. The Labute approximate surface area is 97.6 Å². The van der Waals surface area contributed by atoms with Crippen molar-refractivity contribution in [3.8, 4) is 0 Å². The van der Waals surface area contributed by atoms with Crippen molar-refractivity contribution in [1.82, 2.24) is 5.32 Å². The van der Waals surface area contributed by atoms with Crippen molar-refractivity contribution in [2.24, 2.45) is 23.5 Å². The SMILES string of the molecule is CC(C)C(CO)NC(=O)C1CCCC1CN. The number of nitrogens with two attached hydrogens (primary N) is 1. The molecule has 4 N–H and O–H groups in total. The van der Waals surface area contributed by atoms with Gasteiger partial charge in [-0.2, -0.15) is 0 Å². The first-order valence-electron chi connectivity index (χ1n) is 6.21. The zero-order valence-corrected chi connectivity index (χ0v) is 10.3. The maximum atomic E-state index is 12.0. The van der Waals surface area contributed by atoms with Crippen molar-refractivity contribution < 1.29 is 9.90 Å². The highest BCUT2D eigenvalue weighted by Crippen LogP contribution is 2.31. The first kappa shape index (κ1) is 13.5. The predicted octanol–water partition coefficient (Wildman–Crippen LogP) is 0.495. The largest absolute Gasteiger partial charge is 0.394 e. The van der Waals surface area contributed by atoms with Crippen LogP contribution in [-0.2, 0) is 4.79 Å². The standard InChI is InChI=1S/C12H24N2O2/c1-8(2)11(7-15)14-12(16)10-5-3-4-9(10)6-13/h8-11,15H,3-7,13H2,1-2H3,(H,14,16). The van der Waals surface area contributed by atoms with Crippen LogP contribution in [0.15, 0.2) is 0 Å². The van der Waals surface area contributed by atoms with Gasteiger partial charge < -0.3 is 16.2 Å². The molecule has 3 atom stereocenters. The van der Waals surface area contributed by atoms with E-state index in [2.05, 4.69) is 5.32 Å². The van der Waals surface area contributed by atoms with Gasteiger partial charge in [-0.25, -0.2) is 0 Å². The normalized spacial score (nSPS) is 27.1. The summed E-state index contributed by atoms with van der Waals surface area (Å²) in [6.45, 7) is 4.58. The molecule has 4 nitrogen and oxygen atoms in total. The average Bonchev–Trinajstić information content (AvgIpc) is 2.72. The lowest BCUT2D eigenvalue weighted by Crippen LogP contribution is -2.45. The third-order valence-electron chi connectivity index (χ3n) is 3.63. The molecule has 1 aliphatic rings. The molecule has 0 radical (unpaired) electrons. The van der Waals surface area contributed by atoms with E-state index in [0.29, 0.717) is 12.5 Å². The monoisotopic (exact) mass is 228 g/mol. The maximum absolute atomic E-state index is 12.0. The second kappa shape index (κ2) is 6.21. The quantitative estimate of drug-likeness (QED) is 0.641. The molecule has 1 amide bonds. The highest BCUT2D eigenvalue weighted by molar-refractivity contribution is 5.79. The first-order valence-corrected chi connectivity index (χ1v) is 6.21. The molecule has 0 aliphatic heterocycles. The number of carbonyl (C=O) groups excluding carboxylic acids is 1. The van der Waals surface area contributed by atoms with Crippen molar-refractivity contribution in [3.63, 3.8) is 0 Å². The minimum absolute atomic E-state index is 0.00339. The lowest BCUT2D eigenvalue weighted by atomic mass is 9.94. The van der Waals surface area contributed by atoms with Crippen molar-refractivity contribution >= 4 is 5.91 Å². The van der Waals surface area contributed by atoms with Crippen LogP contribution in [0, 0.1) is 17.8 Å². The Morgan fingerprint density at radius 2 is 2.19 bits per heavy atom. The van der Waals surface area contributed by atoms with Gasteiger partial charge in [0.25, 0.3) is 0 Å². The molecule has 1 fully saturated rings. The molecule has 3 unspecified atom stereocenters. The van der Waals surface area contributed by atoms with Crippen LogP contribution in [0.3, 0.4) is 0 Å². The number of aliphatic hydroxyl groups is 1. The average molecular weight is 228 g/mol. The number of hydrogen-bond acceptors (Lipinski definition) is 3. The highest BCUT2D eigenvalue weighted by atomic mass is 16.3. The highest BCUT2D eigenvalue weighted by Gasteiger charge is 2.32. The smallest absolute Gasteiger partial charge is 0.223 e. The molecule has 16 heavy (non-hydrogen) atoms. The van der Waals surface area contributed by atoms with Gasteiger partial charge in [0.15, 0.2) is 0 Å². The molecule has 0 aromatic rings. The Hall–Kier alpha value is -0.610. The fourth-order valence-electron chi connectivity index (χ4n) is 2.38. The van der Waals surface area contributed by atoms with E-state index in [4.69, 9.17) is 5.73 Å². The summed E-state index contributed by atoms with van der Waals surface area (Å²) in [7, 11) is 0. The minimum atomic E-state index is -0.133. The molecule has 0 spiro atoms. The number of carbonyl (C=O) groups is 1. The van der Waals surface area contributed by atoms with Gasteiger partial charge in [-0.15, -0.1) is 0 Å². The maximum Gasteiger partial charge on any atom is 0.223 e. The number of hydrogen-bond donors (Lipinski definition) is 3. The number of nitrogens with one attached hydrogen (secondary N) is 1. The van der Waals surface area contributed by atoms with E-state index in [0.717, 1.165) is 19.3 Å². The van der Waals surface area contributed by atoms with Gasteiger partial charge >= 0.3 is 0 Å². The second-order valence-corrected chi connectivity index (χ2v) is 5.07. The summed E-state index contributed by atoms with van der Waals surface area (Å²) in [4.78, 5) is 12.0. The molecule has 1 saturated carbocycles. The predicted molar refractivity (Wildman–Crippen MR) is 63.7 cm³/mol. The minimum Gasteiger partial charge on any atom is -0.394 e. The number of amides is 1. The second-order valence-electron chi connectivity index (χ2n) is 5.07. The van der Waals surface area contributed by atoms with Crippen molar-refractivity contribution in [2.45, 2.75) is 39.2 Å². The molecule has 4 heteroatoms. The van der Waals surface area contributed by atoms with E-state index < -0.39 is 0 Å². The van der Waals surface area contributed by atoms with Crippen LogP contribution >= 0.6 is 0 Å². The summed E-state index contributed by atoms with van der Waals surface area (Å²) >= 11 is 0. The van der Waals surface area contributed by atoms with Crippen molar-refractivity contribution in [2.75, 3.05) is 13.2 Å². The van der Waals surface area contributed by atoms with Crippen molar-refractivity contribution in [3.05, 3.63) is 0 Å². The Morgan fingerprint density at radius 3 is 2.69 bits per heavy atom. The molecular weight excluding hydrogens is 204 g/mol. The lowest BCUT2D eigenvalue weighted by Gasteiger charge is -2.24. The van der Waals surface area contributed by atoms with Crippen LogP contribution < -0.4 is 11.1 Å². The number of aliphatic hydroxyl groups excluding tert-OH is 1. The van der Waals surface area contributed by atoms with Crippen LogP contribution in [0.25, 0.3) is 0 Å². The van der Waals surface area contributed by atoms with E-state index in [9.17, 15) is 9.90 Å². The molecule has 1 aliphatic carbocycles. The summed E-state index contributed by atoms with van der Waals surface area (Å²) in [6.07, 6.45) is 3.08. The molecule has 0 saturated heterocycles. The summed E-state index contributed by atoms with van der Waals surface area (Å²) < 4.78 is 0. The van der Waals surface area contributed by atoms with E-state index in [-0.39, 0.29) is 30.4 Å². The fraction of sp³-hybridized carbons (Fsp3) is 0.917.